The molecule has 1 saturated heterocycles. The molecule has 7 heteroatoms. The van der Waals surface area contributed by atoms with Crippen LogP contribution in [0.3, 0.4) is 0 Å². The van der Waals surface area contributed by atoms with Gasteiger partial charge in [0.2, 0.25) is 0 Å². The standard InChI is InChI=1S/C16H23N5OS/c1-20-13-11(8-18-14(19-13)23-2)9-21(15(20)22)12-4-7-17-10-16(12)5-3-6-16/h8,12,17H,3-7,9-10H2,1-2H3. The van der Waals surface area contributed by atoms with Gasteiger partial charge in [0, 0.05) is 36.8 Å². The fraction of sp³-hybridized carbons (Fsp3) is 0.688. The third kappa shape index (κ3) is 2.32. The molecule has 6 nitrogen and oxygen atoms in total. The number of rotatable bonds is 2. The van der Waals surface area contributed by atoms with Gasteiger partial charge in [-0.3, -0.25) is 4.90 Å². The highest BCUT2D eigenvalue weighted by Crippen LogP contribution is 2.49. The van der Waals surface area contributed by atoms with Gasteiger partial charge >= 0.3 is 6.03 Å². The van der Waals surface area contributed by atoms with Gasteiger partial charge in [0.05, 0.1) is 6.54 Å². The summed E-state index contributed by atoms with van der Waals surface area (Å²) in [5, 5.41) is 4.24. The van der Waals surface area contributed by atoms with E-state index in [0.717, 1.165) is 30.9 Å². The second-order valence-corrected chi connectivity index (χ2v) is 7.65. The number of aromatic nitrogens is 2. The van der Waals surface area contributed by atoms with Crippen LogP contribution < -0.4 is 10.2 Å². The average molecular weight is 333 g/mol. The molecule has 1 saturated carbocycles. The van der Waals surface area contributed by atoms with E-state index >= 15 is 0 Å². The van der Waals surface area contributed by atoms with Crippen molar-refractivity contribution in [2.75, 3.05) is 31.3 Å². The van der Waals surface area contributed by atoms with Crippen LogP contribution in [0.5, 0.6) is 0 Å². The molecule has 0 aromatic carbocycles. The second-order valence-electron chi connectivity index (χ2n) is 6.87. The van der Waals surface area contributed by atoms with Crippen LogP contribution in [0.4, 0.5) is 10.6 Å². The summed E-state index contributed by atoms with van der Waals surface area (Å²) >= 11 is 1.50. The van der Waals surface area contributed by atoms with Crippen molar-refractivity contribution < 1.29 is 4.79 Å². The fourth-order valence-electron chi connectivity index (χ4n) is 4.29. The van der Waals surface area contributed by atoms with Crippen LogP contribution in [-0.2, 0) is 6.54 Å². The molecule has 1 aromatic rings. The van der Waals surface area contributed by atoms with Crippen LogP contribution in [0, 0.1) is 5.41 Å². The highest BCUT2D eigenvalue weighted by Gasteiger charge is 2.50. The monoisotopic (exact) mass is 333 g/mol. The summed E-state index contributed by atoms with van der Waals surface area (Å²) < 4.78 is 0. The van der Waals surface area contributed by atoms with Crippen LogP contribution in [0.25, 0.3) is 0 Å². The predicted molar refractivity (Wildman–Crippen MR) is 90.7 cm³/mol. The molecule has 4 rings (SSSR count). The number of nitrogens with zero attached hydrogens (tertiary/aromatic N) is 4. The summed E-state index contributed by atoms with van der Waals surface area (Å²) in [5.74, 6) is 0.766. The molecule has 124 valence electrons. The zero-order valence-corrected chi connectivity index (χ0v) is 14.5. The minimum absolute atomic E-state index is 0.0847. The van der Waals surface area contributed by atoms with E-state index in [0.29, 0.717) is 17.7 Å². The molecule has 1 atom stereocenters. The minimum Gasteiger partial charge on any atom is -0.316 e. The lowest BCUT2D eigenvalue weighted by molar-refractivity contribution is -0.00796. The number of hydrogen-bond acceptors (Lipinski definition) is 5. The van der Waals surface area contributed by atoms with Crippen molar-refractivity contribution in [2.45, 2.75) is 43.4 Å². The molecule has 1 unspecified atom stereocenters. The normalized spacial score (nSPS) is 26.2. The van der Waals surface area contributed by atoms with Gasteiger partial charge in [0.1, 0.15) is 5.82 Å². The first kappa shape index (κ1) is 15.2. The van der Waals surface area contributed by atoms with Gasteiger partial charge in [-0.05, 0) is 32.1 Å². The number of carbonyl (C=O) groups is 1. The van der Waals surface area contributed by atoms with E-state index in [1.54, 1.807) is 4.90 Å². The van der Waals surface area contributed by atoms with Crippen molar-refractivity contribution >= 4 is 23.6 Å². The van der Waals surface area contributed by atoms with Crippen LogP contribution in [0.1, 0.15) is 31.2 Å². The molecular weight excluding hydrogens is 310 g/mol. The largest absolute Gasteiger partial charge is 0.325 e. The van der Waals surface area contributed by atoms with Crippen molar-refractivity contribution in [3.05, 3.63) is 11.8 Å². The lowest BCUT2D eigenvalue weighted by Crippen LogP contribution is -2.63. The summed E-state index contributed by atoms with van der Waals surface area (Å²) in [6.07, 6.45) is 8.62. The van der Waals surface area contributed by atoms with E-state index in [9.17, 15) is 4.79 Å². The molecule has 3 aliphatic rings. The number of hydrogen-bond donors (Lipinski definition) is 1. The van der Waals surface area contributed by atoms with Crippen LogP contribution >= 0.6 is 11.8 Å². The number of fused-ring (bicyclic) bond motifs is 1. The highest BCUT2D eigenvalue weighted by molar-refractivity contribution is 7.98. The molecule has 1 N–H and O–H groups in total. The minimum atomic E-state index is 0.0847. The summed E-state index contributed by atoms with van der Waals surface area (Å²) in [4.78, 5) is 25.7. The molecular formula is C16H23N5OS. The van der Waals surface area contributed by atoms with E-state index in [1.807, 2.05) is 19.5 Å². The van der Waals surface area contributed by atoms with Gasteiger partial charge in [-0.2, -0.15) is 0 Å². The summed E-state index contributed by atoms with van der Waals surface area (Å²) in [5.41, 5.74) is 1.34. The molecule has 2 amide bonds. The summed E-state index contributed by atoms with van der Waals surface area (Å²) in [6.45, 7) is 2.67. The van der Waals surface area contributed by atoms with E-state index in [4.69, 9.17) is 0 Å². The van der Waals surface area contributed by atoms with Gasteiger partial charge in [-0.25, -0.2) is 14.8 Å². The van der Waals surface area contributed by atoms with Crippen LogP contribution in [-0.4, -0.2) is 53.3 Å². The summed E-state index contributed by atoms with van der Waals surface area (Å²) in [6, 6.07) is 0.419. The molecule has 2 aliphatic heterocycles. The highest BCUT2D eigenvalue weighted by atomic mass is 32.2. The molecule has 0 bridgehead atoms. The summed E-state index contributed by atoms with van der Waals surface area (Å²) in [7, 11) is 1.83. The zero-order valence-electron chi connectivity index (χ0n) is 13.7. The maximum absolute atomic E-state index is 13.0. The van der Waals surface area contributed by atoms with E-state index in [2.05, 4.69) is 20.2 Å². The first-order valence-electron chi connectivity index (χ1n) is 8.29. The second kappa shape index (κ2) is 5.63. The number of piperidine rings is 1. The number of carbonyl (C=O) groups excluding carboxylic acids is 1. The number of amides is 2. The third-order valence-electron chi connectivity index (χ3n) is 5.70. The zero-order chi connectivity index (χ0) is 16.0. The number of anilines is 1. The lowest BCUT2D eigenvalue weighted by atomic mass is 9.61. The van der Waals surface area contributed by atoms with Crippen LogP contribution in [0.2, 0.25) is 0 Å². The number of nitrogens with one attached hydrogen (secondary N) is 1. The maximum atomic E-state index is 13.0. The van der Waals surface area contributed by atoms with Gasteiger partial charge in [-0.1, -0.05) is 18.2 Å². The van der Waals surface area contributed by atoms with Crippen molar-refractivity contribution in [3.8, 4) is 0 Å². The Labute approximate surface area is 141 Å². The molecule has 2 fully saturated rings. The van der Waals surface area contributed by atoms with E-state index in [-0.39, 0.29) is 11.4 Å². The topological polar surface area (TPSA) is 61.4 Å². The first-order chi connectivity index (χ1) is 11.1. The number of thioether (sulfide) groups is 1. The Morgan fingerprint density at radius 1 is 1.43 bits per heavy atom. The SMILES string of the molecule is CSc1ncc2c(n1)N(C)C(=O)N(C1CCNCC13CCC3)C2. The average Bonchev–Trinajstić information content (AvgIpc) is 2.56. The van der Waals surface area contributed by atoms with Crippen molar-refractivity contribution in [1.29, 1.82) is 0 Å². The Morgan fingerprint density at radius 2 is 2.26 bits per heavy atom. The predicted octanol–water partition coefficient (Wildman–Crippen LogP) is 2.10. The molecule has 23 heavy (non-hydrogen) atoms. The Bertz CT molecular complexity index is 633. The van der Waals surface area contributed by atoms with Crippen LogP contribution in [0.15, 0.2) is 11.4 Å². The maximum Gasteiger partial charge on any atom is 0.325 e. The molecule has 1 aromatic heterocycles. The Kier molecular flexibility index (Phi) is 3.72. The van der Waals surface area contributed by atoms with E-state index in [1.165, 1.54) is 31.0 Å². The Morgan fingerprint density at radius 3 is 2.96 bits per heavy atom. The first-order valence-corrected chi connectivity index (χ1v) is 9.52. The van der Waals surface area contributed by atoms with E-state index < -0.39 is 0 Å². The fourth-order valence-corrected chi connectivity index (χ4v) is 4.62. The third-order valence-corrected chi connectivity index (χ3v) is 6.26. The van der Waals surface area contributed by atoms with Gasteiger partial charge in [0.15, 0.2) is 5.16 Å². The van der Waals surface area contributed by atoms with Gasteiger partial charge < -0.3 is 10.2 Å². The molecule has 1 spiro atoms. The molecule has 1 aliphatic carbocycles. The van der Waals surface area contributed by atoms with Gasteiger partial charge in [0.25, 0.3) is 0 Å². The quantitative estimate of drug-likeness (QED) is 0.663. The van der Waals surface area contributed by atoms with Gasteiger partial charge in [-0.15, -0.1) is 0 Å². The van der Waals surface area contributed by atoms with Crippen molar-refractivity contribution in [2.24, 2.45) is 5.41 Å². The van der Waals surface area contributed by atoms with Crippen molar-refractivity contribution in [1.82, 2.24) is 20.2 Å². The Balaban J connectivity index is 1.66. The molecule has 0 radical (unpaired) electrons. The molecule has 3 heterocycles. The van der Waals surface area contributed by atoms with Crippen molar-refractivity contribution in [3.63, 3.8) is 0 Å². The number of urea groups is 1. The lowest BCUT2D eigenvalue weighted by Gasteiger charge is -2.55. The Hall–Kier alpha value is -1.34. The smallest absolute Gasteiger partial charge is 0.316 e.